The van der Waals surface area contributed by atoms with Crippen LogP contribution in [0.2, 0.25) is 5.15 Å². The van der Waals surface area contributed by atoms with Gasteiger partial charge in [0.05, 0.1) is 5.75 Å². The van der Waals surface area contributed by atoms with Gasteiger partial charge in [-0.05, 0) is 26.0 Å². The van der Waals surface area contributed by atoms with Gasteiger partial charge in [0.1, 0.15) is 11.0 Å². The Hall–Kier alpha value is -0.320. The van der Waals surface area contributed by atoms with Crippen LogP contribution in [-0.2, 0) is 5.75 Å². The van der Waals surface area contributed by atoms with Gasteiger partial charge in [-0.25, -0.2) is 9.97 Å². The molecule has 0 saturated carbocycles. The summed E-state index contributed by atoms with van der Waals surface area (Å²) in [4.78, 5) is 8.49. The van der Waals surface area contributed by atoms with Crippen molar-refractivity contribution in [3.05, 3.63) is 22.7 Å². The number of nitrogens with zero attached hydrogens (tertiary/aromatic N) is 2. The molecule has 15 heavy (non-hydrogen) atoms. The first-order valence-electron chi connectivity index (χ1n) is 4.93. The zero-order chi connectivity index (χ0) is 11.3. The van der Waals surface area contributed by atoms with Crippen LogP contribution < -0.4 is 5.73 Å². The van der Waals surface area contributed by atoms with E-state index in [1.54, 1.807) is 6.07 Å². The summed E-state index contributed by atoms with van der Waals surface area (Å²) in [5.74, 6) is 1.59. The molecule has 0 aliphatic heterocycles. The van der Waals surface area contributed by atoms with E-state index >= 15 is 0 Å². The molecule has 1 atom stereocenters. The normalized spacial score (nSPS) is 12.8. The SMILES string of the molecule is Cc1cc(Cl)nc(CSC(C)CCN)n1. The maximum Gasteiger partial charge on any atom is 0.140 e. The van der Waals surface area contributed by atoms with E-state index in [1.807, 2.05) is 18.7 Å². The largest absolute Gasteiger partial charge is 0.330 e. The Balaban J connectivity index is 2.50. The highest BCUT2D eigenvalue weighted by Gasteiger charge is 2.05. The minimum absolute atomic E-state index is 0.518. The van der Waals surface area contributed by atoms with Gasteiger partial charge in [-0.3, -0.25) is 0 Å². The maximum absolute atomic E-state index is 5.85. The molecule has 0 aromatic carbocycles. The molecule has 0 aliphatic carbocycles. The molecule has 0 aliphatic rings. The van der Waals surface area contributed by atoms with Gasteiger partial charge in [0.2, 0.25) is 0 Å². The van der Waals surface area contributed by atoms with Crippen LogP contribution in [0.4, 0.5) is 0 Å². The third kappa shape index (κ3) is 4.82. The molecule has 5 heteroatoms. The summed E-state index contributed by atoms with van der Waals surface area (Å²) in [6.07, 6.45) is 1.02. The van der Waals surface area contributed by atoms with Crippen LogP contribution in [0.5, 0.6) is 0 Å². The van der Waals surface area contributed by atoms with E-state index in [4.69, 9.17) is 17.3 Å². The Kier molecular flexibility index (Phi) is 5.36. The van der Waals surface area contributed by atoms with E-state index in [0.29, 0.717) is 10.4 Å². The van der Waals surface area contributed by atoms with E-state index in [9.17, 15) is 0 Å². The summed E-state index contributed by atoms with van der Waals surface area (Å²) in [6.45, 7) is 4.81. The molecule has 0 radical (unpaired) electrons. The number of aromatic nitrogens is 2. The zero-order valence-corrected chi connectivity index (χ0v) is 10.6. The predicted molar refractivity (Wildman–Crippen MR) is 66.2 cm³/mol. The second-order valence-corrected chi connectivity index (χ2v) is 5.26. The first kappa shape index (κ1) is 12.7. The predicted octanol–water partition coefficient (Wildman–Crippen LogP) is 2.41. The highest BCUT2D eigenvalue weighted by Crippen LogP contribution is 2.18. The molecular formula is C10H16ClN3S. The van der Waals surface area contributed by atoms with E-state index in [-0.39, 0.29) is 0 Å². The quantitative estimate of drug-likeness (QED) is 0.810. The van der Waals surface area contributed by atoms with Crippen LogP contribution in [0.15, 0.2) is 6.07 Å². The van der Waals surface area contributed by atoms with E-state index < -0.39 is 0 Å². The molecule has 1 unspecified atom stereocenters. The lowest BCUT2D eigenvalue weighted by Crippen LogP contribution is -2.08. The molecule has 0 amide bonds. The zero-order valence-electron chi connectivity index (χ0n) is 9.03. The third-order valence-electron chi connectivity index (χ3n) is 1.94. The summed E-state index contributed by atoms with van der Waals surface area (Å²) in [5, 5.41) is 1.06. The lowest BCUT2D eigenvalue weighted by molar-refractivity contribution is 0.821. The average Bonchev–Trinajstić information content (AvgIpc) is 2.14. The summed E-state index contributed by atoms with van der Waals surface area (Å²) in [6, 6.07) is 1.76. The van der Waals surface area contributed by atoms with Crippen LogP contribution >= 0.6 is 23.4 Å². The molecule has 1 heterocycles. The monoisotopic (exact) mass is 245 g/mol. The fraction of sp³-hybridized carbons (Fsp3) is 0.600. The highest BCUT2D eigenvalue weighted by atomic mass is 35.5. The van der Waals surface area contributed by atoms with Gasteiger partial charge in [0.15, 0.2) is 0 Å². The van der Waals surface area contributed by atoms with Crippen molar-refractivity contribution in [3.63, 3.8) is 0 Å². The van der Waals surface area contributed by atoms with Gasteiger partial charge in [-0.2, -0.15) is 11.8 Å². The van der Waals surface area contributed by atoms with Crippen molar-refractivity contribution in [2.24, 2.45) is 5.73 Å². The molecule has 1 aromatic heterocycles. The van der Waals surface area contributed by atoms with E-state index in [1.165, 1.54) is 0 Å². The Morgan fingerprint density at radius 1 is 1.53 bits per heavy atom. The van der Waals surface area contributed by atoms with Crippen LogP contribution in [0, 0.1) is 6.92 Å². The van der Waals surface area contributed by atoms with Gasteiger partial charge < -0.3 is 5.73 Å². The number of rotatable bonds is 5. The maximum atomic E-state index is 5.85. The smallest absolute Gasteiger partial charge is 0.140 e. The van der Waals surface area contributed by atoms with Crippen LogP contribution in [0.1, 0.15) is 24.9 Å². The van der Waals surface area contributed by atoms with Gasteiger partial charge >= 0.3 is 0 Å². The second kappa shape index (κ2) is 6.30. The van der Waals surface area contributed by atoms with Crippen molar-refractivity contribution in [3.8, 4) is 0 Å². The number of aryl methyl sites for hydroxylation is 1. The van der Waals surface area contributed by atoms with Gasteiger partial charge in [0, 0.05) is 10.9 Å². The summed E-state index contributed by atoms with van der Waals surface area (Å²) >= 11 is 7.65. The molecular weight excluding hydrogens is 230 g/mol. The Bertz CT molecular complexity index is 299. The lowest BCUT2D eigenvalue weighted by Gasteiger charge is -2.08. The van der Waals surface area contributed by atoms with Gasteiger partial charge in [0.25, 0.3) is 0 Å². The molecule has 0 fully saturated rings. The second-order valence-electron chi connectivity index (χ2n) is 3.45. The van der Waals surface area contributed by atoms with Crippen molar-refractivity contribution in [2.75, 3.05) is 6.54 Å². The molecule has 0 saturated heterocycles. The van der Waals surface area contributed by atoms with Crippen molar-refractivity contribution in [1.29, 1.82) is 0 Å². The molecule has 0 spiro atoms. The Labute approximate surface area is 99.8 Å². The van der Waals surface area contributed by atoms with E-state index in [2.05, 4.69) is 16.9 Å². The summed E-state index contributed by atoms with van der Waals surface area (Å²) in [5.41, 5.74) is 6.39. The molecule has 2 N–H and O–H groups in total. The number of nitrogens with two attached hydrogens (primary N) is 1. The van der Waals surface area contributed by atoms with Crippen molar-refractivity contribution in [1.82, 2.24) is 9.97 Å². The lowest BCUT2D eigenvalue weighted by atomic mass is 10.3. The van der Waals surface area contributed by atoms with Crippen LogP contribution in [-0.4, -0.2) is 21.8 Å². The molecule has 3 nitrogen and oxygen atoms in total. The summed E-state index contributed by atoms with van der Waals surface area (Å²) in [7, 11) is 0. The van der Waals surface area contributed by atoms with E-state index in [0.717, 1.165) is 30.2 Å². The standard InChI is InChI=1S/C10H16ClN3S/c1-7-5-9(11)14-10(13-7)6-15-8(2)3-4-12/h5,8H,3-4,6,12H2,1-2H3. The number of hydrogen-bond donors (Lipinski definition) is 1. The van der Waals surface area contributed by atoms with Crippen LogP contribution in [0.3, 0.4) is 0 Å². The molecule has 84 valence electrons. The average molecular weight is 246 g/mol. The fourth-order valence-corrected chi connectivity index (χ4v) is 2.31. The van der Waals surface area contributed by atoms with Crippen molar-refractivity contribution >= 4 is 23.4 Å². The Morgan fingerprint density at radius 2 is 2.27 bits per heavy atom. The third-order valence-corrected chi connectivity index (χ3v) is 3.36. The van der Waals surface area contributed by atoms with Crippen molar-refractivity contribution in [2.45, 2.75) is 31.3 Å². The first-order valence-corrected chi connectivity index (χ1v) is 6.36. The van der Waals surface area contributed by atoms with Crippen LogP contribution in [0.25, 0.3) is 0 Å². The molecule has 1 rings (SSSR count). The topological polar surface area (TPSA) is 51.8 Å². The Morgan fingerprint density at radius 3 is 2.87 bits per heavy atom. The number of hydrogen-bond acceptors (Lipinski definition) is 4. The first-order chi connectivity index (χ1) is 7.11. The van der Waals surface area contributed by atoms with Gasteiger partial charge in [-0.15, -0.1) is 0 Å². The van der Waals surface area contributed by atoms with Crippen molar-refractivity contribution < 1.29 is 0 Å². The van der Waals surface area contributed by atoms with Gasteiger partial charge in [-0.1, -0.05) is 18.5 Å². The fourth-order valence-electron chi connectivity index (χ4n) is 1.19. The molecule has 1 aromatic rings. The number of thioether (sulfide) groups is 1. The number of halogens is 1. The highest BCUT2D eigenvalue weighted by molar-refractivity contribution is 7.99. The minimum atomic E-state index is 0.518. The molecule has 0 bridgehead atoms. The minimum Gasteiger partial charge on any atom is -0.330 e. The summed E-state index contributed by atoms with van der Waals surface area (Å²) < 4.78 is 0.